The Morgan fingerprint density at radius 2 is 2.06 bits per heavy atom. The number of nitrogens with zero attached hydrogens (tertiary/aromatic N) is 1. The Morgan fingerprint density at radius 1 is 1.44 bits per heavy atom. The number of ketones is 1. The number of carbonyl (C=O) groups excluding carboxylic acids is 1. The molecule has 1 aromatic carbocycles. The Bertz CT molecular complexity index is 471. The number of nitro groups is 1. The Morgan fingerprint density at radius 3 is 2.44 bits per heavy atom. The van der Waals surface area contributed by atoms with Crippen LogP contribution in [0.2, 0.25) is 0 Å². The van der Waals surface area contributed by atoms with Gasteiger partial charge in [0.05, 0.1) is 4.92 Å². The average molecular weight is 253 g/mol. The van der Waals surface area contributed by atoms with Gasteiger partial charge in [0, 0.05) is 12.0 Å². The van der Waals surface area contributed by atoms with Crippen molar-refractivity contribution in [2.24, 2.45) is 11.8 Å². The highest BCUT2D eigenvalue weighted by Gasteiger charge is 2.21. The molecule has 4 nitrogen and oxygen atoms in total. The molecular weight excluding hydrogens is 237 g/mol. The van der Waals surface area contributed by atoms with Crippen LogP contribution in [0.15, 0.2) is 18.2 Å². The van der Waals surface area contributed by atoms with E-state index in [-0.39, 0.29) is 17.6 Å². The summed E-state index contributed by atoms with van der Waals surface area (Å²) in [4.78, 5) is 21.2. The van der Waals surface area contributed by atoms with Crippen LogP contribution in [-0.4, -0.2) is 10.7 Å². The molecule has 0 N–H and O–H groups in total. The summed E-state index contributed by atoms with van der Waals surface area (Å²) in [6, 6.07) is 3.78. The van der Waals surface area contributed by atoms with Crippen LogP contribution in [-0.2, 0) is 11.2 Å². The molecule has 0 aliphatic rings. The maximum Gasteiger partial charge on any atom is 0.304 e. The smallest absolute Gasteiger partial charge is 0.300 e. The third-order valence-corrected chi connectivity index (χ3v) is 2.99. The Hall–Kier alpha value is -1.78. The van der Waals surface area contributed by atoms with Crippen molar-refractivity contribution in [1.82, 2.24) is 0 Å². The van der Waals surface area contributed by atoms with Gasteiger partial charge < -0.3 is 0 Å². The summed E-state index contributed by atoms with van der Waals surface area (Å²) >= 11 is 0. The molecule has 0 aliphatic carbocycles. The fourth-order valence-corrected chi connectivity index (χ4v) is 1.93. The van der Waals surface area contributed by atoms with Gasteiger partial charge >= 0.3 is 5.69 Å². The zero-order valence-electron chi connectivity index (χ0n) is 10.6. The number of Topliss-reactive ketones (excluding diaryl/α,β-unsaturated/α-hetero) is 1. The molecule has 18 heavy (non-hydrogen) atoms. The fraction of sp³-hybridized carbons (Fsp3) is 0.462. The van der Waals surface area contributed by atoms with Gasteiger partial charge in [-0.05, 0) is 30.9 Å². The second-order valence-electron chi connectivity index (χ2n) is 4.71. The van der Waals surface area contributed by atoms with Gasteiger partial charge in [-0.25, -0.2) is 0 Å². The molecule has 0 aromatic heterocycles. The third kappa shape index (κ3) is 3.35. The Labute approximate surface area is 105 Å². The van der Waals surface area contributed by atoms with Gasteiger partial charge in [0.15, 0.2) is 0 Å². The summed E-state index contributed by atoms with van der Waals surface area (Å²) in [7, 11) is 0. The van der Waals surface area contributed by atoms with Gasteiger partial charge in [0.1, 0.15) is 5.78 Å². The van der Waals surface area contributed by atoms with E-state index in [2.05, 4.69) is 0 Å². The summed E-state index contributed by atoms with van der Waals surface area (Å²) in [6.07, 6.45) is 0.405. The molecular formula is C13H16FNO3. The normalized spacial score (nSPS) is 12.5. The Balaban J connectivity index is 2.95. The predicted molar refractivity (Wildman–Crippen MR) is 65.8 cm³/mol. The first-order chi connectivity index (χ1) is 8.32. The van der Waals surface area contributed by atoms with E-state index >= 15 is 0 Å². The van der Waals surface area contributed by atoms with Gasteiger partial charge in [-0.3, -0.25) is 14.9 Å². The Kier molecular flexibility index (Phi) is 4.53. The number of hydrogen-bond donors (Lipinski definition) is 0. The van der Waals surface area contributed by atoms with Crippen molar-refractivity contribution in [2.75, 3.05) is 0 Å². The zero-order chi connectivity index (χ0) is 13.9. The lowest BCUT2D eigenvalue weighted by molar-refractivity contribution is -0.387. The topological polar surface area (TPSA) is 60.2 Å². The fourth-order valence-electron chi connectivity index (χ4n) is 1.93. The van der Waals surface area contributed by atoms with Gasteiger partial charge in [0.25, 0.3) is 0 Å². The van der Waals surface area contributed by atoms with Crippen LogP contribution in [0.1, 0.15) is 26.3 Å². The molecule has 5 heteroatoms. The van der Waals surface area contributed by atoms with E-state index < -0.39 is 16.4 Å². The highest BCUT2D eigenvalue weighted by atomic mass is 19.1. The van der Waals surface area contributed by atoms with Crippen molar-refractivity contribution < 1.29 is 14.1 Å². The molecule has 1 atom stereocenters. The maximum absolute atomic E-state index is 13.4. The second kappa shape index (κ2) is 5.71. The molecule has 0 saturated carbocycles. The van der Waals surface area contributed by atoms with E-state index in [9.17, 15) is 19.3 Å². The highest BCUT2D eigenvalue weighted by Crippen LogP contribution is 2.22. The molecule has 1 rings (SSSR count). The standard InChI is InChI=1S/C13H16FNO3/c1-8(2)11(9(3)16)6-10-4-5-13(15(17)18)12(14)7-10/h4-5,7-8,11H,6H2,1-3H3. The minimum Gasteiger partial charge on any atom is -0.300 e. The molecule has 0 radical (unpaired) electrons. The molecule has 1 unspecified atom stereocenters. The van der Waals surface area contributed by atoms with Crippen molar-refractivity contribution in [1.29, 1.82) is 0 Å². The lowest BCUT2D eigenvalue weighted by Crippen LogP contribution is -2.20. The van der Waals surface area contributed by atoms with Crippen molar-refractivity contribution in [3.63, 3.8) is 0 Å². The highest BCUT2D eigenvalue weighted by molar-refractivity contribution is 5.78. The van der Waals surface area contributed by atoms with Crippen LogP contribution in [0, 0.1) is 27.8 Å². The van der Waals surface area contributed by atoms with Crippen molar-refractivity contribution >= 4 is 11.5 Å². The summed E-state index contributed by atoms with van der Waals surface area (Å²) in [5.74, 6) is -0.848. The largest absolute Gasteiger partial charge is 0.304 e. The third-order valence-electron chi connectivity index (χ3n) is 2.99. The summed E-state index contributed by atoms with van der Waals surface area (Å²) < 4.78 is 13.4. The number of carbonyl (C=O) groups is 1. The molecule has 0 bridgehead atoms. The first-order valence-electron chi connectivity index (χ1n) is 5.76. The van der Waals surface area contributed by atoms with E-state index in [1.54, 1.807) is 0 Å². The number of halogens is 1. The maximum atomic E-state index is 13.4. The van der Waals surface area contributed by atoms with E-state index in [4.69, 9.17) is 0 Å². The number of benzene rings is 1. The van der Waals surface area contributed by atoms with Gasteiger partial charge in [-0.1, -0.05) is 19.9 Å². The molecule has 98 valence electrons. The monoisotopic (exact) mass is 253 g/mol. The molecule has 0 fully saturated rings. The molecule has 0 heterocycles. The minimum absolute atomic E-state index is 0.0451. The van der Waals surface area contributed by atoms with Crippen LogP contribution in [0.25, 0.3) is 0 Å². The van der Waals surface area contributed by atoms with Crippen LogP contribution < -0.4 is 0 Å². The van der Waals surface area contributed by atoms with Crippen LogP contribution >= 0.6 is 0 Å². The quantitative estimate of drug-likeness (QED) is 0.598. The second-order valence-corrected chi connectivity index (χ2v) is 4.71. The van der Waals surface area contributed by atoms with Gasteiger partial charge in [-0.2, -0.15) is 4.39 Å². The van der Waals surface area contributed by atoms with E-state index in [1.807, 2.05) is 13.8 Å². The summed E-state index contributed by atoms with van der Waals surface area (Å²) in [5, 5.41) is 10.5. The van der Waals surface area contributed by atoms with Gasteiger partial charge in [0.2, 0.25) is 5.82 Å². The number of nitro benzene ring substituents is 1. The molecule has 0 aliphatic heterocycles. The van der Waals surface area contributed by atoms with Crippen molar-refractivity contribution in [3.8, 4) is 0 Å². The van der Waals surface area contributed by atoms with E-state index in [1.165, 1.54) is 13.0 Å². The molecule has 0 saturated heterocycles. The van der Waals surface area contributed by atoms with Crippen LogP contribution in [0.3, 0.4) is 0 Å². The SMILES string of the molecule is CC(=O)C(Cc1ccc([N+](=O)[O-])c(F)c1)C(C)C. The van der Waals surface area contributed by atoms with Crippen molar-refractivity contribution in [3.05, 3.63) is 39.7 Å². The summed E-state index contributed by atoms with van der Waals surface area (Å²) in [5.41, 5.74) is 0.0645. The lowest BCUT2D eigenvalue weighted by Gasteiger charge is -2.17. The average Bonchev–Trinajstić information content (AvgIpc) is 2.24. The number of hydrogen-bond acceptors (Lipinski definition) is 3. The molecule has 0 spiro atoms. The first-order valence-corrected chi connectivity index (χ1v) is 5.76. The predicted octanol–water partition coefficient (Wildman–Crippen LogP) is 3.14. The summed E-state index contributed by atoms with van der Waals surface area (Å²) in [6.45, 7) is 5.36. The minimum atomic E-state index is -0.858. The molecule has 1 aromatic rings. The van der Waals surface area contributed by atoms with Crippen LogP contribution in [0.5, 0.6) is 0 Å². The van der Waals surface area contributed by atoms with E-state index in [0.717, 1.165) is 12.1 Å². The zero-order valence-corrected chi connectivity index (χ0v) is 10.6. The van der Waals surface area contributed by atoms with Crippen molar-refractivity contribution in [2.45, 2.75) is 27.2 Å². The van der Waals surface area contributed by atoms with Crippen LogP contribution in [0.4, 0.5) is 10.1 Å². The lowest BCUT2D eigenvalue weighted by atomic mass is 9.86. The van der Waals surface area contributed by atoms with Gasteiger partial charge in [-0.15, -0.1) is 0 Å². The molecule has 0 amide bonds. The number of rotatable bonds is 5. The van der Waals surface area contributed by atoms with E-state index in [0.29, 0.717) is 12.0 Å². The first kappa shape index (κ1) is 14.3.